The molecule has 2 heterocycles. The van der Waals surface area contributed by atoms with E-state index in [9.17, 15) is 13.2 Å². The minimum absolute atomic E-state index is 0.255. The van der Waals surface area contributed by atoms with Crippen molar-refractivity contribution >= 4 is 23.2 Å². The number of alkyl halides is 3. The van der Waals surface area contributed by atoms with Crippen molar-refractivity contribution in [2.45, 2.75) is 24.6 Å². The van der Waals surface area contributed by atoms with Gasteiger partial charge in [-0.05, 0) is 47.0 Å². The molecule has 0 radical (unpaired) electrons. The van der Waals surface area contributed by atoms with Crippen LogP contribution in [0.25, 0.3) is 0 Å². The molecule has 152 valence electrons. The lowest BCUT2D eigenvalue weighted by Gasteiger charge is -2.30. The first-order chi connectivity index (χ1) is 13.8. The van der Waals surface area contributed by atoms with E-state index in [1.54, 1.807) is 55.1 Å². The van der Waals surface area contributed by atoms with E-state index in [0.29, 0.717) is 15.6 Å². The molecule has 29 heavy (non-hydrogen) atoms. The molecule has 1 unspecified atom stereocenters. The first-order valence-corrected chi connectivity index (χ1v) is 9.65. The molecule has 0 aliphatic carbocycles. The lowest BCUT2D eigenvalue weighted by Crippen LogP contribution is -2.31. The van der Waals surface area contributed by atoms with Crippen molar-refractivity contribution in [3.63, 3.8) is 0 Å². The molecule has 0 spiro atoms. The van der Waals surface area contributed by atoms with Crippen LogP contribution in [0.3, 0.4) is 0 Å². The molecule has 0 saturated carbocycles. The summed E-state index contributed by atoms with van der Waals surface area (Å²) < 4.78 is 38.3. The lowest BCUT2D eigenvalue weighted by atomic mass is 9.83. The fourth-order valence-electron chi connectivity index (χ4n) is 3.25. The zero-order valence-corrected chi connectivity index (χ0v) is 16.7. The van der Waals surface area contributed by atoms with E-state index < -0.39 is 18.6 Å². The highest BCUT2D eigenvalue weighted by atomic mass is 35.5. The first-order valence-electron chi connectivity index (χ1n) is 8.89. The number of benzene rings is 1. The maximum atomic E-state index is 12.8. The SMILES string of the molecule is FC(F)(F)CCNC(c1cc(Cl)cc(Cl)c1)C(c1cccnc1)c1cccnc1. The Kier molecular flexibility index (Phi) is 7.11. The summed E-state index contributed by atoms with van der Waals surface area (Å²) in [6.45, 7) is -0.255. The van der Waals surface area contributed by atoms with Gasteiger partial charge < -0.3 is 5.32 Å². The molecule has 0 amide bonds. The Hall–Kier alpha value is -2.15. The van der Waals surface area contributed by atoms with E-state index >= 15 is 0 Å². The van der Waals surface area contributed by atoms with Crippen LogP contribution in [0.1, 0.15) is 35.1 Å². The molecule has 1 atom stereocenters. The van der Waals surface area contributed by atoms with E-state index in [1.165, 1.54) is 0 Å². The van der Waals surface area contributed by atoms with Gasteiger partial charge in [0.1, 0.15) is 0 Å². The topological polar surface area (TPSA) is 37.8 Å². The predicted octanol–water partition coefficient (Wildman–Crippen LogP) is 6.20. The van der Waals surface area contributed by atoms with Crippen molar-refractivity contribution in [1.29, 1.82) is 0 Å². The molecule has 0 saturated heterocycles. The van der Waals surface area contributed by atoms with E-state index in [2.05, 4.69) is 15.3 Å². The summed E-state index contributed by atoms with van der Waals surface area (Å²) in [4.78, 5) is 8.36. The summed E-state index contributed by atoms with van der Waals surface area (Å²) in [5, 5.41) is 3.87. The van der Waals surface area contributed by atoms with Crippen LogP contribution in [0.5, 0.6) is 0 Å². The molecular formula is C21H18Cl2F3N3. The molecule has 1 N–H and O–H groups in total. The van der Waals surface area contributed by atoms with Crippen LogP contribution in [0.15, 0.2) is 67.3 Å². The van der Waals surface area contributed by atoms with Gasteiger partial charge in [0, 0.05) is 53.3 Å². The van der Waals surface area contributed by atoms with Gasteiger partial charge in [-0.3, -0.25) is 9.97 Å². The average molecular weight is 440 g/mol. The highest BCUT2D eigenvalue weighted by Crippen LogP contribution is 2.38. The number of rotatable bonds is 7. The van der Waals surface area contributed by atoms with Gasteiger partial charge in [-0.15, -0.1) is 0 Å². The highest BCUT2D eigenvalue weighted by Gasteiger charge is 2.30. The molecular weight excluding hydrogens is 422 g/mol. The Labute approximate surface area is 176 Å². The third kappa shape index (κ3) is 6.16. The molecule has 0 bridgehead atoms. The van der Waals surface area contributed by atoms with E-state index in [1.807, 2.05) is 12.1 Å². The number of halogens is 5. The van der Waals surface area contributed by atoms with Gasteiger partial charge in [-0.25, -0.2) is 0 Å². The third-order valence-corrected chi connectivity index (χ3v) is 4.87. The second-order valence-electron chi connectivity index (χ2n) is 6.55. The van der Waals surface area contributed by atoms with Crippen molar-refractivity contribution in [2.24, 2.45) is 0 Å². The number of nitrogens with zero attached hydrogens (tertiary/aromatic N) is 2. The molecule has 3 aromatic rings. The normalized spacial score (nSPS) is 12.9. The second-order valence-corrected chi connectivity index (χ2v) is 7.42. The molecule has 2 aromatic heterocycles. The quantitative estimate of drug-likeness (QED) is 0.476. The van der Waals surface area contributed by atoms with Crippen LogP contribution in [0, 0.1) is 0 Å². The average Bonchev–Trinajstić information content (AvgIpc) is 2.67. The van der Waals surface area contributed by atoms with Gasteiger partial charge in [-0.2, -0.15) is 13.2 Å². The van der Waals surface area contributed by atoms with Crippen LogP contribution >= 0.6 is 23.2 Å². The van der Waals surface area contributed by atoms with E-state index in [0.717, 1.165) is 11.1 Å². The van der Waals surface area contributed by atoms with Crippen LogP contribution in [-0.4, -0.2) is 22.7 Å². The first kappa shape index (κ1) is 21.6. The maximum Gasteiger partial charge on any atom is 0.390 e. The third-order valence-electron chi connectivity index (χ3n) is 4.44. The Morgan fingerprint density at radius 1 is 0.862 bits per heavy atom. The largest absolute Gasteiger partial charge is 0.390 e. The second kappa shape index (κ2) is 9.57. The number of aromatic nitrogens is 2. The Morgan fingerprint density at radius 2 is 1.41 bits per heavy atom. The fraction of sp³-hybridized carbons (Fsp3) is 0.238. The van der Waals surface area contributed by atoms with Crippen molar-refractivity contribution in [2.75, 3.05) is 6.54 Å². The van der Waals surface area contributed by atoms with Crippen molar-refractivity contribution in [3.05, 3.63) is 94.0 Å². The fourth-order valence-corrected chi connectivity index (χ4v) is 3.79. The van der Waals surface area contributed by atoms with Gasteiger partial charge >= 0.3 is 6.18 Å². The van der Waals surface area contributed by atoms with Crippen molar-refractivity contribution in [1.82, 2.24) is 15.3 Å². The number of pyridine rings is 2. The zero-order chi connectivity index (χ0) is 20.9. The van der Waals surface area contributed by atoms with Crippen molar-refractivity contribution < 1.29 is 13.2 Å². The molecule has 1 aromatic carbocycles. The molecule has 0 fully saturated rings. The van der Waals surface area contributed by atoms with Gasteiger partial charge in [0.05, 0.1) is 6.42 Å². The van der Waals surface area contributed by atoms with Gasteiger partial charge in [0.25, 0.3) is 0 Å². The van der Waals surface area contributed by atoms with Crippen molar-refractivity contribution in [3.8, 4) is 0 Å². The smallest absolute Gasteiger partial charge is 0.309 e. The molecule has 8 heteroatoms. The van der Waals surface area contributed by atoms with Crippen LogP contribution in [-0.2, 0) is 0 Å². The number of nitrogens with one attached hydrogen (secondary N) is 1. The lowest BCUT2D eigenvalue weighted by molar-refractivity contribution is -0.133. The summed E-state index contributed by atoms with van der Waals surface area (Å²) in [6.07, 6.45) is 1.47. The Bertz CT molecular complexity index is 862. The van der Waals surface area contributed by atoms with Gasteiger partial charge in [-0.1, -0.05) is 35.3 Å². The minimum Gasteiger partial charge on any atom is -0.309 e. The maximum absolute atomic E-state index is 12.8. The highest BCUT2D eigenvalue weighted by molar-refractivity contribution is 6.34. The van der Waals surface area contributed by atoms with E-state index in [4.69, 9.17) is 23.2 Å². The standard InChI is InChI=1S/C21H18Cl2F3N3/c22-17-9-16(10-18(23)11-17)20(29-8-5-21(24,25)26)19(14-3-1-6-27-12-14)15-4-2-7-28-13-15/h1-4,6-7,9-13,19-20,29H,5,8H2. The monoisotopic (exact) mass is 439 g/mol. The van der Waals surface area contributed by atoms with Crippen LogP contribution in [0.2, 0.25) is 10.0 Å². The zero-order valence-electron chi connectivity index (χ0n) is 15.2. The number of hydrogen-bond acceptors (Lipinski definition) is 3. The number of hydrogen-bond donors (Lipinski definition) is 1. The minimum atomic E-state index is -4.26. The summed E-state index contributed by atoms with van der Waals surface area (Å²) >= 11 is 12.4. The summed E-state index contributed by atoms with van der Waals surface area (Å²) in [7, 11) is 0. The van der Waals surface area contributed by atoms with Gasteiger partial charge in [0.2, 0.25) is 0 Å². The van der Waals surface area contributed by atoms with Crippen LogP contribution in [0.4, 0.5) is 13.2 Å². The Morgan fingerprint density at radius 3 is 1.86 bits per heavy atom. The molecule has 3 nitrogen and oxygen atoms in total. The molecule has 0 aliphatic rings. The molecule has 3 rings (SSSR count). The Balaban J connectivity index is 2.06. The summed E-state index contributed by atoms with van der Waals surface area (Å²) in [5.74, 6) is -0.347. The van der Waals surface area contributed by atoms with Crippen LogP contribution < -0.4 is 5.32 Å². The predicted molar refractivity (Wildman–Crippen MR) is 108 cm³/mol. The van der Waals surface area contributed by atoms with E-state index in [-0.39, 0.29) is 12.5 Å². The molecule has 0 aliphatic heterocycles. The summed E-state index contributed by atoms with van der Waals surface area (Å²) in [6, 6.07) is 11.8. The summed E-state index contributed by atoms with van der Waals surface area (Å²) in [5.41, 5.74) is 2.35. The van der Waals surface area contributed by atoms with Gasteiger partial charge in [0.15, 0.2) is 0 Å².